The normalized spacial score (nSPS) is 14.9. The fourth-order valence-corrected chi connectivity index (χ4v) is 0.194. The zero-order valence-electron chi connectivity index (χ0n) is 5.47. The topological polar surface area (TPSA) is 44.0 Å². The summed E-state index contributed by atoms with van der Waals surface area (Å²) >= 11 is 0. The Bertz CT molecular complexity index is 107. The first-order valence-corrected chi connectivity index (χ1v) is 2.56. The van der Waals surface area contributed by atoms with Crippen molar-refractivity contribution in [1.29, 1.82) is 5.26 Å². The van der Waals surface area contributed by atoms with E-state index in [0.717, 1.165) is 0 Å². The van der Waals surface area contributed by atoms with Gasteiger partial charge in [0.25, 0.3) is 0 Å². The molecule has 0 aromatic heterocycles. The van der Waals surface area contributed by atoms with Crippen LogP contribution in [-0.4, -0.2) is 11.2 Å². The van der Waals surface area contributed by atoms with Crippen LogP contribution in [0.2, 0.25) is 0 Å². The van der Waals surface area contributed by atoms with Crippen LogP contribution in [0.4, 0.5) is 0 Å². The highest BCUT2D eigenvalue weighted by Gasteiger charge is 2.20. The molecule has 0 saturated carbocycles. The van der Waals surface area contributed by atoms with Crippen LogP contribution in [0.3, 0.4) is 0 Å². The van der Waals surface area contributed by atoms with Gasteiger partial charge in [-0.3, -0.25) is 0 Å². The van der Waals surface area contributed by atoms with E-state index in [2.05, 4.69) is 0 Å². The van der Waals surface area contributed by atoms with E-state index in [1.807, 2.05) is 20.8 Å². The molecule has 1 atom stereocenters. The molecule has 0 rings (SSSR count). The molecule has 1 N–H and O–H groups in total. The first-order valence-electron chi connectivity index (χ1n) is 2.56. The smallest absolute Gasteiger partial charge is 0.145 e. The second kappa shape index (κ2) is 2.15. The molecule has 46 valence electrons. The summed E-state index contributed by atoms with van der Waals surface area (Å²) in [6, 6.07) is 1.76. The van der Waals surface area contributed by atoms with Gasteiger partial charge in [0.2, 0.25) is 0 Å². The van der Waals surface area contributed by atoms with Crippen molar-refractivity contribution in [2.24, 2.45) is 5.41 Å². The van der Waals surface area contributed by atoms with E-state index >= 15 is 0 Å². The van der Waals surface area contributed by atoms with Crippen LogP contribution < -0.4 is 0 Å². The van der Waals surface area contributed by atoms with Gasteiger partial charge in [0.05, 0.1) is 6.07 Å². The molecule has 0 amide bonds. The highest BCUT2D eigenvalue weighted by Crippen LogP contribution is 2.17. The van der Waals surface area contributed by atoms with Crippen molar-refractivity contribution in [3.05, 3.63) is 0 Å². The lowest BCUT2D eigenvalue weighted by Gasteiger charge is -2.18. The molecule has 0 aromatic rings. The van der Waals surface area contributed by atoms with Gasteiger partial charge < -0.3 is 5.11 Å². The van der Waals surface area contributed by atoms with E-state index in [1.165, 1.54) is 0 Å². The van der Waals surface area contributed by atoms with Crippen molar-refractivity contribution in [2.75, 3.05) is 0 Å². The third-order valence-corrected chi connectivity index (χ3v) is 0.943. The Labute approximate surface area is 49.8 Å². The highest BCUT2D eigenvalue weighted by atomic mass is 16.3. The predicted molar refractivity (Wildman–Crippen MR) is 31.1 cm³/mol. The average molecular weight is 113 g/mol. The maximum Gasteiger partial charge on any atom is 0.145 e. The van der Waals surface area contributed by atoms with Gasteiger partial charge in [-0.05, 0) is 0 Å². The van der Waals surface area contributed by atoms with Gasteiger partial charge in [0.1, 0.15) is 6.10 Å². The second-order valence-corrected chi connectivity index (χ2v) is 2.90. The van der Waals surface area contributed by atoms with Gasteiger partial charge >= 0.3 is 0 Å². The standard InChI is InChI=1S/C6H11NO/c1-6(2,3)5(8)4-7/h5,8H,1-3H3/t5-/m1/s1. The number of aliphatic hydroxyl groups excluding tert-OH is 1. The maximum atomic E-state index is 8.83. The largest absolute Gasteiger partial charge is 0.378 e. The fourth-order valence-electron chi connectivity index (χ4n) is 0.194. The van der Waals surface area contributed by atoms with Gasteiger partial charge in [-0.25, -0.2) is 0 Å². The van der Waals surface area contributed by atoms with E-state index in [4.69, 9.17) is 10.4 Å². The van der Waals surface area contributed by atoms with Gasteiger partial charge in [0, 0.05) is 5.41 Å². The summed E-state index contributed by atoms with van der Waals surface area (Å²) in [5, 5.41) is 17.0. The molecule has 0 spiro atoms. The van der Waals surface area contributed by atoms with E-state index in [1.54, 1.807) is 6.07 Å². The molecule has 8 heavy (non-hydrogen) atoms. The van der Waals surface area contributed by atoms with Crippen LogP contribution >= 0.6 is 0 Å². The Morgan fingerprint density at radius 3 is 1.88 bits per heavy atom. The molecular formula is C6H11NO. The zero-order chi connectivity index (χ0) is 6.78. The van der Waals surface area contributed by atoms with Crippen LogP contribution in [0.5, 0.6) is 0 Å². The maximum absolute atomic E-state index is 8.83. The first-order chi connectivity index (χ1) is 3.48. The molecule has 0 heterocycles. The SMILES string of the molecule is CC(C)(C)[C@H](O)C#N. The first kappa shape index (κ1) is 7.45. The predicted octanol–water partition coefficient (Wildman–Crippen LogP) is 0.917. The van der Waals surface area contributed by atoms with Gasteiger partial charge in [-0.1, -0.05) is 20.8 Å². The molecule has 2 heteroatoms. The Balaban J connectivity index is 3.87. The number of hydrogen-bond acceptors (Lipinski definition) is 2. The molecule has 0 bridgehead atoms. The summed E-state index contributed by atoms with van der Waals surface area (Å²) in [6.45, 7) is 5.46. The lowest BCUT2D eigenvalue weighted by molar-refractivity contribution is 0.112. The van der Waals surface area contributed by atoms with Crippen molar-refractivity contribution >= 4 is 0 Å². The molecule has 0 aliphatic rings. The lowest BCUT2D eigenvalue weighted by Crippen LogP contribution is -2.23. The molecule has 0 aromatic carbocycles. The van der Waals surface area contributed by atoms with E-state index in [0.29, 0.717) is 0 Å². The van der Waals surface area contributed by atoms with Crippen molar-refractivity contribution in [2.45, 2.75) is 26.9 Å². The molecular weight excluding hydrogens is 102 g/mol. The summed E-state index contributed by atoms with van der Waals surface area (Å²) in [5.74, 6) is 0. The number of aliphatic hydroxyl groups is 1. The van der Waals surface area contributed by atoms with Crippen LogP contribution in [-0.2, 0) is 0 Å². The van der Waals surface area contributed by atoms with Crippen molar-refractivity contribution in [3.63, 3.8) is 0 Å². The summed E-state index contributed by atoms with van der Waals surface area (Å²) in [4.78, 5) is 0. The van der Waals surface area contributed by atoms with E-state index in [-0.39, 0.29) is 5.41 Å². The average Bonchev–Trinajstić information content (AvgIpc) is 1.62. The van der Waals surface area contributed by atoms with Crippen molar-refractivity contribution in [3.8, 4) is 6.07 Å². The molecule has 0 saturated heterocycles. The number of nitriles is 1. The molecule has 0 radical (unpaired) electrons. The van der Waals surface area contributed by atoms with Crippen LogP contribution in [0.1, 0.15) is 20.8 Å². The van der Waals surface area contributed by atoms with E-state index in [9.17, 15) is 0 Å². The van der Waals surface area contributed by atoms with Crippen LogP contribution in [0, 0.1) is 16.7 Å². The molecule has 0 aliphatic heterocycles. The molecule has 0 aliphatic carbocycles. The Hall–Kier alpha value is -0.550. The van der Waals surface area contributed by atoms with Gasteiger partial charge in [-0.15, -0.1) is 0 Å². The summed E-state index contributed by atoms with van der Waals surface area (Å²) in [7, 11) is 0. The number of hydrogen-bond donors (Lipinski definition) is 1. The molecule has 0 fully saturated rings. The minimum atomic E-state index is -0.845. The summed E-state index contributed by atoms with van der Waals surface area (Å²) < 4.78 is 0. The van der Waals surface area contributed by atoms with Crippen LogP contribution in [0.15, 0.2) is 0 Å². The Kier molecular flexibility index (Phi) is 2.00. The summed E-state index contributed by atoms with van der Waals surface area (Å²) in [6.07, 6.45) is -0.845. The minimum absolute atomic E-state index is 0.297. The highest BCUT2D eigenvalue weighted by molar-refractivity contribution is 4.90. The van der Waals surface area contributed by atoms with Gasteiger partial charge in [0.15, 0.2) is 0 Å². The quantitative estimate of drug-likeness (QED) is 0.475. The van der Waals surface area contributed by atoms with E-state index < -0.39 is 6.10 Å². The zero-order valence-corrected chi connectivity index (χ0v) is 5.47. The second-order valence-electron chi connectivity index (χ2n) is 2.90. The summed E-state index contributed by atoms with van der Waals surface area (Å²) in [5.41, 5.74) is -0.297. The number of rotatable bonds is 0. The Morgan fingerprint density at radius 2 is 1.88 bits per heavy atom. The fraction of sp³-hybridized carbons (Fsp3) is 0.833. The minimum Gasteiger partial charge on any atom is -0.378 e. The number of nitrogens with zero attached hydrogens (tertiary/aromatic N) is 1. The molecule has 2 nitrogen and oxygen atoms in total. The van der Waals surface area contributed by atoms with Gasteiger partial charge in [-0.2, -0.15) is 5.26 Å². The third-order valence-electron chi connectivity index (χ3n) is 0.943. The van der Waals surface area contributed by atoms with Crippen molar-refractivity contribution in [1.82, 2.24) is 0 Å². The monoisotopic (exact) mass is 113 g/mol. The van der Waals surface area contributed by atoms with Crippen molar-refractivity contribution < 1.29 is 5.11 Å². The Morgan fingerprint density at radius 1 is 1.50 bits per heavy atom. The molecule has 0 unspecified atom stereocenters. The van der Waals surface area contributed by atoms with Crippen LogP contribution in [0.25, 0.3) is 0 Å². The third kappa shape index (κ3) is 1.94. The lowest BCUT2D eigenvalue weighted by atomic mass is 9.90.